The summed E-state index contributed by atoms with van der Waals surface area (Å²) in [6.07, 6.45) is 0. The Bertz CT molecular complexity index is 483. The Morgan fingerprint density at radius 3 is 2.67 bits per heavy atom. The Morgan fingerprint density at radius 1 is 1.40 bits per heavy atom. The van der Waals surface area contributed by atoms with Crippen LogP contribution in [0.2, 0.25) is 5.02 Å². The van der Waals surface area contributed by atoms with Gasteiger partial charge in [0.1, 0.15) is 0 Å². The second kappa shape index (κ2) is 3.66. The summed E-state index contributed by atoms with van der Waals surface area (Å²) in [7, 11) is -3.35. The first kappa shape index (κ1) is 10.7. The lowest BCUT2D eigenvalue weighted by Crippen LogP contribution is -2.21. The van der Waals surface area contributed by atoms with E-state index in [1.807, 2.05) is 0 Å². The maximum Gasteiger partial charge on any atom is 0.301 e. The van der Waals surface area contributed by atoms with Crippen molar-refractivity contribution in [2.24, 2.45) is 0 Å². The molecule has 1 saturated heterocycles. The fraction of sp³-hybridized carbons (Fsp3) is 0.333. The van der Waals surface area contributed by atoms with Crippen molar-refractivity contribution in [1.29, 1.82) is 0 Å². The molecule has 0 atom stereocenters. The van der Waals surface area contributed by atoms with Crippen LogP contribution in [0.25, 0.3) is 0 Å². The molecular formula is C9H11ClN2O2S. The highest BCUT2D eigenvalue weighted by Crippen LogP contribution is 2.25. The first-order chi connectivity index (χ1) is 7.00. The first-order valence-corrected chi connectivity index (χ1v) is 6.35. The van der Waals surface area contributed by atoms with Gasteiger partial charge in [-0.1, -0.05) is 17.7 Å². The van der Waals surface area contributed by atoms with Crippen LogP contribution >= 0.6 is 11.6 Å². The average Bonchev–Trinajstić information content (AvgIpc) is 2.95. The van der Waals surface area contributed by atoms with Gasteiger partial charge in [0, 0.05) is 18.1 Å². The molecule has 1 N–H and O–H groups in total. The Balaban J connectivity index is 2.28. The maximum absolute atomic E-state index is 11.6. The van der Waals surface area contributed by atoms with Gasteiger partial charge in [0.15, 0.2) is 0 Å². The van der Waals surface area contributed by atoms with Crippen LogP contribution in [0.5, 0.6) is 0 Å². The number of nitrogens with zero attached hydrogens (tertiary/aromatic N) is 1. The molecule has 1 fully saturated rings. The Labute approximate surface area is 94.0 Å². The van der Waals surface area contributed by atoms with E-state index >= 15 is 0 Å². The van der Waals surface area contributed by atoms with Crippen LogP contribution < -0.4 is 4.72 Å². The van der Waals surface area contributed by atoms with Gasteiger partial charge in [-0.05, 0) is 24.6 Å². The standard InChI is InChI=1S/C9H11ClN2O2S/c1-7-8(10)3-2-4-9(7)11-15(13,14)12-5-6-12/h2-4,11H,5-6H2,1H3. The molecule has 1 aromatic rings. The molecular weight excluding hydrogens is 236 g/mol. The Kier molecular flexibility index (Phi) is 2.62. The third kappa shape index (κ3) is 2.25. The van der Waals surface area contributed by atoms with Crippen molar-refractivity contribution in [1.82, 2.24) is 4.31 Å². The summed E-state index contributed by atoms with van der Waals surface area (Å²) in [6.45, 7) is 2.96. The number of anilines is 1. The highest BCUT2D eigenvalue weighted by Gasteiger charge is 2.31. The zero-order valence-electron chi connectivity index (χ0n) is 8.20. The summed E-state index contributed by atoms with van der Waals surface area (Å²) in [6, 6.07) is 5.14. The summed E-state index contributed by atoms with van der Waals surface area (Å²) in [4.78, 5) is 0. The molecule has 0 bridgehead atoms. The normalized spacial score (nSPS) is 16.4. The third-order valence-electron chi connectivity index (χ3n) is 2.25. The van der Waals surface area contributed by atoms with Gasteiger partial charge in [-0.25, -0.2) is 0 Å². The highest BCUT2D eigenvalue weighted by atomic mass is 35.5. The first-order valence-electron chi connectivity index (χ1n) is 4.54. The van der Waals surface area contributed by atoms with Gasteiger partial charge in [0.05, 0.1) is 5.69 Å². The fourth-order valence-electron chi connectivity index (χ4n) is 1.20. The van der Waals surface area contributed by atoms with Crippen LogP contribution in [-0.4, -0.2) is 25.8 Å². The number of hydrogen-bond donors (Lipinski definition) is 1. The minimum atomic E-state index is -3.35. The predicted molar refractivity (Wildman–Crippen MR) is 60.3 cm³/mol. The summed E-state index contributed by atoms with van der Waals surface area (Å²) in [5, 5.41) is 0.556. The van der Waals surface area contributed by atoms with Crippen LogP contribution in [-0.2, 0) is 10.2 Å². The summed E-state index contributed by atoms with van der Waals surface area (Å²) < 4.78 is 27.1. The SMILES string of the molecule is Cc1c(Cl)cccc1NS(=O)(=O)N1CC1. The van der Waals surface area contributed by atoms with E-state index in [1.165, 1.54) is 4.31 Å². The van der Waals surface area contributed by atoms with Gasteiger partial charge in [0.2, 0.25) is 0 Å². The van der Waals surface area contributed by atoms with Gasteiger partial charge < -0.3 is 0 Å². The van der Waals surface area contributed by atoms with E-state index in [0.717, 1.165) is 5.56 Å². The lowest BCUT2D eigenvalue weighted by Gasteiger charge is -2.10. The molecule has 1 aromatic carbocycles. The van der Waals surface area contributed by atoms with Crippen molar-refractivity contribution in [3.05, 3.63) is 28.8 Å². The van der Waals surface area contributed by atoms with E-state index in [4.69, 9.17) is 11.6 Å². The molecule has 6 heteroatoms. The van der Waals surface area contributed by atoms with Gasteiger partial charge in [0.25, 0.3) is 0 Å². The molecule has 2 rings (SSSR count). The number of halogens is 1. The predicted octanol–water partition coefficient (Wildman–Crippen LogP) is 1.62. The number of benzene rings is 1. The second-order valence-corrected chi connectivity index (χ2v) is 5.50. The topological polar surface area (TPSA) is 49.2 Å². The molecule has 0 aromatic heterocycles. The van der Waals surface area contributed by atoms with Gasteiger partial charge in [-0.3, -0.25) is 4.72 Å². The third-order valence-corrected chi connectivity index (χ3v) is 4.19. The summed E-state index contributed by atoms with van der Waals surface area (Å²) >= 11 is 5.89. The molecule has 1 heterocycles. The molecule has 4 nitrogen and oxygen atoms in total. The largest absolute Gasteiger partial charge is 0.301 e. The van der Waals surface area contributed by atoms with Crippen LogP contribution in [0, 0.1) is 6.92 Å². The minimum Gasteiger partial charge on any atom is -0.271 e. The molecule has 0 amide bonds. The quantitative estimate of drug-likeness (QED) is 0.824. The lowest BCUT2D eigenvalue weighted by atomic mass is 10.2. The number of rotatable bonds is 3. The van der Waals surface area contributed by atoms with E-state index in [1.54, 1.807) is 25.1 Å². The van der Waals surface area contributed by atoms with Crippen LogP contribution in [0.4, 0.5) is 5.69 Å². The molecule has 1 aliphatic rings. The highest BCUT2D eigenvalue weighted by molar-refractivity contribution is 7.90. The van der Waals surface area contributed by atoms with Gasteiger partial charge in [-0.2, -0.15) is 12.7 Å². The lowest BCUT2D eigenvalue weighted by molar-refractivity contribution is 0.569. The smallest absolute Gasteiger partial charge is 0.271 e. The van der Waals surface area contributed by atoms with Crippen LogP contribution in [0.3, 0.4) is 0 Å². The number of hydrogen-bond acceptors (Lipinski definition) is 2. The Morgan fingerprint density at radius 2 is 2.07 bits per heavy atom. The monoisotopic (exact) mass is 246 g/mol. The molecule has 0 spiro atoms. The van der Waals surface area contributed by atoms with Crippen molar-refractivity contribution in [3.8, 4) is 0 Å². The fourth-order valence-corrected chi connectivity index (χ4v) is 2.57. The maximum atomic E-state index is 11.6. The average molecular weight is 247 g/mol. The zero-order chi connectivity index (χ0) is 11.1. The van der Waals surface area contributed by atoms with E-state index in [0.29, 0.717) is 23.8 Å². The van der Waals surface area contributed by atoms with Gasteiger partial charge in [-0.15, -0.1) is 0 Å². The Hall–Kier alpha value is -0.780. The molecule has 15 heavy (non-hydrogen) atoms. The summed E-state index contributed by atoms with van der Waals surface area (Å²) in [5.74, 6) is 0. The van der Waals surface area contributed by atoms with Crippen LogP contribution in [0.15, 0.2) is 18.2 Å². The second-order valence-electron chi connectivity index (χ2n) is 3.42. The van der Waals surface area contributed by atoms with Crippen molar-refractivity contribution >= 4 is 27.5 Å². The van der Waals surface area contributed by atoms with E-state index < -0.39 is 10.2 Å². The van der Waals surface area contributed by atoms with Crippen molar-refractivity contribution in [3.63, 3.8) is 0 Å². The van der Waals surface area contributed by atoms with E-state index in [2.05, 4.69) is 4.72 Å². The van der Waals surface area contributed by atoms with E-state index in [-0.39, 0.29) is 0 Å². The molecule has 0 saturated carbocycles. The minimum absolute atomic E-state index is 0.536. The van der Waals surface area contributed by atoms with Crippen LogP contribution in [0.1, 0.15) is 5.56 Å². The summed E-state index contributed by atoms with van der Waals surface area (Å²) in [5.41, 5.74) is 1.28. The van der Waals surface area contributed by atoms with E-state index in [9.17, 15) is 8.42 Å². The van der Waals surface area contributed by atoms with Gasteiger partial charge >= 0.3 is 10.2 Å². The molecule has 1 aliphatic heterocycles. The van der Waals surface area contributed by atoms with Crippen molar-refractivity contribution in [2.75, 3.05) is 17.8 Å². The molecule has 0 radical (unpaired) electrons. The number of nitrogens with one attached hydrogen (secondary N) is 1. The molecule has 0 aliphatic carbocycles. The molecule has 82 valence electrons. The molecule has 0 unspecified atom stereocenters. The van der Waals surface area contributed by atoms with Crippen molar-refractivity contribution in [2.45, 2.75) is 6.92 Å². The zero-order valence-corrected chi connectivity index (χ0v) is 9.77. The van der Waals surface area contributed by atoms with Crippen molar-refractivity contribution < 1.29 is 8.42 Å².